The smallest absolute Gasteiger partial charge is 0.242 e. The van der Waals surface area contributed by atoms with E-state index in [-0.39, 0.29) is 21.7 Å². The SMILES string of the molecule is CN(C)S(=O)(=O)c1ccc(-c2cc(-c3ccccc3Cl)c(C#N)c(N)c2C#N)cc1. The van der Waals surface area contributed by atoms with Crippen molar-refractivity contribution in [3.8, 4) is 34.4 Å². The van der Waals surface area contributed by atoms with Gasteiger partial charge in [-0.15, -0.1) is 0 Å². The molecule has 0 saturated heterocycles. The van der Waals surface area contributed by atoms with Crippen LogP contribution >= 0.6 is 11.6 Å². The van der Waals surface area contributed by atoms with Gasteiger partial charge in [0.15, 0.2) is 0 Å². The molecule has 0 spiro atoms. The second kappa shape index (κ2) is 8.17. The highest BCUT2D eigenvalue weighted by Crippen LogP contribution is 2.39. The van der Waals surface area contributed by atoms with E-state index in [9.17, 15) is 18.9 Å². The number of nitrogen functional groups attached to an aromatic ring is 1. The summed E-state index contributed by atoms with van der Waals surface area (Å²) in [6.07, 6.45) is 0. The van der Waals surface area contributed by atoms with Crippen LogP contribution in [0.5, 0.6) is 0 Å². The van der Waals surface area contributed by atoms with Crippen molar-refractivity contribution in [2.75, 3.05) is 19.8 Å². The Morgan fingerprint density at radius 3 is 2.00 bits per heavy atom. The number of rotatable bonds is 4. The van der Waals surface area contributed by atoms with Crippen molar-refractivity contribution in [1.29, 1.82) is 10.5 Å². The van der Waals surface area contributed by atoms with Gasteiger partial charge in [-0.1, -0.05) is 41.9 Å². The maximum absolute atomic E-state index is 12.3. The van der Waals surface area contributed by atoms with E-state index >= 15 is 0 Å². The van der Waals surface area contributed by atoms with Crippen molar-refractivity contribution in [2.45, 2.75) is 4.90 Å². The van der Waals surface area contributed by atoms with Crippen LogP contribution < -0.4 is 5.73 Å². The second-order valence-corrected chi connectivity index (χ2v) is 9.21. The molecule has 2 N–H and O–H groups in total. The van der Waals surface area contributed by atoms with E-state index in [0.717, 1.165) is 4.31 Å². The first-order chi connectivity index (χ1) is 14.2. The lowest BCUT2D eigenvalue weighted by atomic mass is 9.89. The van der Waals surface area contributed by atoms with Crippen molar-refractivity contribution in [2.24, 2.45) is 0 Å². The van der Waals surface area contributed by atoms with Crippen molar-refractivity contribution < 1.29 is 8.42 Å². The number of benzene rings is 3. The fourth-order valence-corrected chi connectivity index (χ4v) is 4.22. The Bertz CT molecular complexity index is 1320. The van der Waals surface area contributed by atoms with Crippen LogP contribution in [0, 0.1) is 22.7 Å². The van der Waals surface area contributed by atoms with Crippen LogP contribution in [0.3, 0.4) is 0 Å². The first-order valence-corrected chi connectivity index (χ1v) is 10.6. The highest BCUT2D eigenvalue weighted by Gasteiger charge is 2.21. The molecular formula is C22H17ClN4O2S. The standard InChI is InChI=1S/C22H17ClN4O2S/c1-27(2)30(28,29)15-9-7-14(8-10-15)17-11-18(16-5-3-4-6-21(16)23)20(13-25)22(26)19(17)12-24/h3-11H,26H2,1-2H3. The third kappa shape index (κ3) is 3.62. The van der Waals surface area contributed by atoms with Gasteiger partial charge in [0.25, 0.3) is 0 Å². The molecule has 0 radical (unpaired) electrons. The van der Waals surface area contributed by atoms with Gasteiger partial charge in [-0.3, -0.25) is 0 Å². The molecular weight excluding hydrogens is 420 g/mol. The van der Waals surface area contributed by atoms with Gasteiger partial charge < -0.3 is 5.73 Å². The number of sulfonamides is 1. The Hall–Kier alpha value is -3.36. The summed E-state index contributed by atoms with van der Waals surface area (Å²) in [5.41, 5.74) is 8.72. The summed E-state index contributed by atoms with van der Waals surface area (Å²) in [7, 11) is -0.679. The molecule has 3 rings (SSSR count). The van der Waals surface area contributed by atoms with Gasteiger partial charge >= 0.3 is 0 Å². The summed E-state index contributed by atoms with van der Waals surface area (Å²) in [5.74, 6) is 0. The zero-order valence-electron chi connectivity index (χ0n) is 16.2. The quantitative estimate of drug-likeness (QED) is 0.614. The average molecular weight is 437 g/mol. The molecule has 30 heavy (non-hydrogen) atoms. The lowest BCUT2D eigenvalue weighted by Crippen LogP contribution is -2.22. The van der Waals surface area contributed by atoms with E-state index in [0.29, 0.717) is 27.3 Å². The Balaban J connectivity index is 2.27. The molecule has 8 heteroatoms. The third-order valence-electron chi connectivity index (χ3n) is 4.70. The molecule has 0 saturated carbocycles. The number of nitriles is 2. The summed E-state index contributed by atoms with van der Waals surface area (Å²) < 4.78 is 25.8. The predicted octanol–water partition coefficient (Wildman–Crippen LogP) is 4.25. The van der Waals surface area contributed by atoms with Gasteiger partial charge in [0.1, 0.15) is 12.1 Å². The Kier molecular flexibility index (Phi) is 5.82. The number of nitrogens with two attached hydrogens (primary N) is 1. The summed E-state index contributed by atoms with van der Waals surface area (Å²) in [5, 5.41) is 19.8. The summed E-state index contributed by atoms with van der Waals surface area (Å²) >= 11 is 6.33. The van der Waals surface area contributed by atoms with Gasteiger partial charge in [0, 0.05) is 35.8 Å². The fraction of sp³-hybridized carbons (Fsp3) is 0.0909. The molecule has 0 aliphatic heterocycles. The van der Waals surface area contributed by atoms with Gasteiger partial charge in [0.05, 0.1) is 21.7 Å². The molecule has 3 aromatic carbocycles. The zero-order chi connectivity index (χ0) is 22.1. The zero-order valence-corrected chi connectivity index (χ0v) is 17.8. The van der Waals surface area contributed by atoms with E-state index in [1.807, 2.05) is 0 Å². The molecule has 0 amide bonds. The Morgan fingerprint density at radius 2 is 1.47 bits per heavy atom. The number of halogens is 1. The number of anilines is 1. The molecule has 0 aliphatic rings. The number of nitrogens with zero attached hydrogens (tertiary/aromatic N) is 3. The Labute approximate surface area is 180 Å². The van der Waals surface area contributed by atoms with Crippen LogP contribution in [-0.4, -0.2) is 26.8 Å². The lowest BCUT2D eigenvalue weighted by Gasteiger charge is -2.15. The minimum absolute atomic E-state index is 0.0532. The topological polar surface area (TPSA) is 111 Å². The third-order valence-corrected chi connectivity index (χ3v) is 6.86. The molecule has 3 aromatic rings. The molecule has 0 heterocycles. The molecule has 0 unspecified atom stereocenters. The van der Waals surface area contributed by atoms with E-state index in [2.05, 4.69) is 12.1 Å². The predicted molar refractivity (Wildman–Crippen MR) is 117 cm³/mol. The van der Waals surface area contributed by atoms with Crippen molar-refractivity contribution in [3.63, 3.8) is 0 Å². The molecule has 0 bridgehead atoms. The summed E-state index contributed by atoms with van der Waals surface area (Å²) in [6, 6.07) is 19.0. The molecule has 150 valence electrons. The Morgan fingerprint density at radius 1 is 0.900 bits per heavy atom. The highest BCUT2D eigenvalue weighted by molar-refractivity contribution is 7.89. The summed E-state index contributed by atoms with van der Waals surface area (Å²) in [6.45, 7) is 0. The largest absolute Gasteiger partial charge is 0.397 e. The van der Waals surface area contributed by atoms with E-state index < -0.39 is 10.0 Å². The van der Waals surface area contributed by atoms with Crippen LogP contribution in [0.1, 0.15) is 11.1 Å². The second-order valence-electron chi connectivity index (χ2n) is 6.65. The normalized spacial score (nSPS) is 11.1. The van der Waals surface area contributed by atoms with E-state index in [1.54, 1.807) is 42.5 Å². The molecule has 0 aliphatic carbocycles. The van der Waals surface area contributed by atoms with Crippen molar-refractivity contribution in [1.82, 2.24) is 4.31 Å². The van der Waals surface area contributed by atoms with Crippen molar-refractivity contribution >= 4 is 27.3 Å². The molecule has 6 nitrogen and oxygen atoms in total. The minimum Gasteiger partial charge on any atom is -0.397 e. The van der Waals surface area contributed by atoms with Crippen LogP contribution in [0.25, 0.3) is 22.3 Å². The lowest BCUT2D eigenvalue weighted by molar-refractivity contribution is 0.521. The van der Waals surface area contributed by atoms with E-state index in [4.69, 9.17) is 17.3 Å². The fourth-order valence-electron chi connectivity index (χ4n) is 3.08. The molecule has 0 atom stereocenters. The minimum atomic E-state index is -3.58. The summed E-state index contributed by atoms with van der Waals surface area (Å²) in [4.78, 5) is 0.128. The van der Waals surface area contributed by atoms with Gasteiger partial charge in [-0.25, -0.2) is 12.7 Å². The van der Waals surface area contributed by atoms with Crippen LogP contribution in [0.15, 0.2) is 59.5 Å². The molecule has 0 aromatic heterocycles. The molecule has 0 fully saturated rings. The van der Waals surface area contributed by atoms with Crippen molar-refractivity contribution in [3.05, 3.63) is 70.7 Å². The number of hydrogen-bond acceptors (Lipinski definition) is 5. The average Bonchev–Trinajstić information content (AvgIpc) is 2.73. The van der Waals surface area contributed by atoms with Gasteiger partial charge in [0.2, 0.25) is 10.0 Å². The van der Waals surface area contributed by atoms with E-state index in [1.165, 1.54) is 26.2 Å². The van der Waals surface area contributed by atoms with Gasteiger partial charge in [-0.2, -0.15) is 10.5 Å². The number of hydrogen-bond donors (Lipinski definition) is 1. The maximum Gasteiger partial charge on any atom is 0.242 e. The first-order valence-electron chi connectivity index (χ1n) is 8.77. The van der Waals surface area contributed by atoms with Crippen LogP contribution in [-0.2, 0) is 10.0 Å². The van der Waals surface area contributed by atoms with Crippen LogP contribution in [0.2, 0.25) is 5.02 Å². The highest BCUT2D eigenvalue weighted by atomic mass is 35.5. The maximum atomic E-state index is 12.3. The first kappa shape index (κ1) is 21.4. The monoisotopic (exact) mass is 436 g/mol. The van der Waals surface area contributed by atoms with Gasteiger partial charge in [-0.05, 0) is 29.8 Å². The van der Waals surface area contributed by atoms with Crippen LogP contribution in [0.4, 0.5) is 5.69 Å².